The van der Waals surface area contributed by atoms with E-state index in [9.17, 15) is 18.4 Å². The molecule has 33 heavy (non-hydrogen) atoms. The topological polar surface area (TPSA) is 74.8 Å². The molecule has 2 heterocycles. The normalized spacial score (nSPS) is 14.5. The van der Waals surface area contributed by atoms with Gasteiger partial charge in [-0.1, -0.05) is 43.6 Å². The fourth-order valence-electron chi connectivity index (χ4n) is 3.95. The Labute approximate surface area is 196 Å². The number of para-hydroxylation sites is 1. The maximum Gasteiger partial charge on any atom is 0.388 e. The summed E-state index contributed by atoms with van der Waals surface area (Å²) in [6, 6.07) is 9.69. The number of carbonyl (C=O) groups excluding carboxylic acids is 2. The van der Waals surface area contributed by atoms with Crippen LogP contribution < -0.4 is 15.0 Å². The Hall–Kier alpha value is -2.94. The number of benzene rings is 1. The number of alkyl halides is 2. The lowest BCUT2D eigenvalue weighted by Gasteiger charge is -2.39. The Bertz CT molecular complexity index is 997. The molecule has 0 spiro atoms. The van der Waals surface area contributed by atoms with Crippen LogP contribution in [0.3, 0.4) is 0 Å². The van der Waals surface area contributed by atoms with Gasteiger partial charge in [-0.05, 0) is 36.5 Å². The van der Waals surface area contributed by atoms with E-state index in [2.05, 4.69) is 28.9 Å². The highest BCUT2D eigenvalue weighted by Crippen LogP contribution is 2.33. The van der Waals surface area contributed by atoms with Gasteiger partial charge in [-0.25, -0.2) is 4.79 Å². The number of urea groups is 1. The predicted molar refractivity (Wildman–Crippen MR) is 123 cm³/mol. The minimum Gasteiger partial charge on any atom is -0.417 e. The summed E-state index contributed by atoms with van der Waals surface area (Å²) in [5.74, 6) is -0.160. The van der Waals surface area contributed by atoms with Crippen LogP contribution in [0.2, 0.25) is 5.15 Å². The van der Waals surface area contributed by atoms with Crippen LogP contribution in [0.4, 0.5) is 25.0 Å². The molecule has 178 valence electrons. The third-order valence-corrected chi connectivity index (χ3v) is 5.87. The van der Waals surface area contributed by atoms with Gasteiger partial charge >= 0.3 is 12.6 Å². The monoisotopic (exact) mass is 480 g/mol. The van der Waals surface area contributed by atoms with Crippen molar-refractivity contribution in [3.63, 3.8) is 0 Å². The highest BCUT2D eigenvalue weighted by molar-refractivity contribution is 6.32. The predicted octanol–water partition coefficient (Wildman–Crippen LogP) is 5.51. The lowest BCUT2D eigenvalue weighted by Crippen LogP contribution is -2.50. The van der Waals surface area contributed by atoms with Crippen LogP contribution in [-0.4, -0.2) is 47.6 Å². The summed E-state index contributed by atoms with van der Waals surface area (Å²) in [5.41, 5.74) is 1.95. The zero-order chi connectivity index (χ0) is 24.1. The van der Waals surface area contributed by atoms with Crippen LogP contribution in [-0.2, 0) is 4.79 Å². The third kappa shape index (κ3) is 6.10. The Morgan fingerprint density at radius 1 is 1.18 bits per heavy atom. The minimum atomic E-state index is -3.03. The van der Waals surface area contributed by atoms with Gasteiger partial charge in [-0.3, -0.25) is 9.69 Å². The number of pyridine rings is 1. The first kappa shape index (κ1) is 24.7. The highest BCUT2D eigenvalue weighted by atomic mass is 35.5. The number of amides is 3. The van der Waals surface area contributed by atoms with Gasteiger partial charge in [0.05, 0.1) is 5.69 Å². The van der Waals surface area contributed by atoms with Crippen LogP contribution in [0.1, 0.15) is 45.1 Å². The largest absolute Gasteiger partial charge is 0.417 e. The van der Waals surface area contributed by atoms with E-state index in [1.54, 1.807) is 9.80 Å². The van der Waals surface area contributed by atoms with Gasteiger partial charge in [0.2, 0.25) is 11.8 Å². The zero-order valence-corrected chi connectivity index (χ0v) is 19.5. The quantitative estimate of drug-likeness (QED) is 0.553. The van der Waals surface area contributed by atoms with Gasteiger partial charge in [0.25, 0.3) is 0 Å². The van der Waals surface area contributed by atoms with Crippen molar-refractivity contribution >= 4 is 34.9 Å². The van der Waals surface area contributed by atoms with Crippen molar-refractivity contribution in [2.24, 2.45) is 0 Å². The number of nitrogens with one attached hydrogen (secondary N) is 1. The fourth-order valence-corrected chi connectivity index (χ4v) is 4.14. The Morgan fingerprint density at radius 2 is 1.85 bits per heavy atom. The Kier molecular flexibility index (Phi) is 8.07. The second-order valence-corrected chi connectivity index (χ2v) is 8.48. The molecule has 0 bridgehead atoms. The van der Waals surface area contributed by atoms with Gasteiger partial charge in [0.15, 0.2) is 5.15 Å². The number of ether oxygens (including phenoxy) is 1. The number of likely N-dealkylation sites (tertiary alicyclic amines) is 1. The lowest BCUT2D eigenvalue weighted by atomic mass is 9.97. The number of halogens is 3. The average molecular weight is 481 g/mol. The second kappa shape index (κ2) is 10.8. The SMILES string of the molecule is CC(=O)N1CCC(N(C(=O)Nc2ccc(OC(F)F)nc2Cl)c2ccccc2C(C)C)CC1. The number of anilines is 2. The number of carbonyl (C=O) groups is 2. The van der Waals surface area contributed by atoms with Gasteiger partial charge in [-0.15, -0.1) is 0 Å². The van der Waals surface area contributed by atoms with Crippen LogP contribution in [0.15, 0.2) is 36.4 Å². The maximum absolute atomic E-state index is 13.5. The van der Waals surface area contributed by atoms with Crippen molar-refractivity contribution in [3.8, 4) is 5.88 Å². The van der Waals surface area contributed by atoms with E-state index >= 15 is 0 Å². The number of hydrogen-bond acceptors (Lipinski definition) is 4. The molecule has 1 saturated heterocycles. The summed E-state index contributed by atoms with van der Waals surface area (Å²) in [7, 11) is 0. The van der Waals surface area contributed by atoms with Gasteiger partial charge in [0, 0.05) is 37.8 Å². The van der Waals surface area contributed by atoms with E-state index in [1.165, 1.54) is 19.1 Å². The van der Waals surface area contributed by atoms with Gasteiger partial charge < -0.3 is 15.0 Å². The number of aromatic nitrogens is 1. The summed E-state index contributed by atoms with van der Waals surface area (Å²) in [6.07, 6.45) is 1.24. The molecule has 1 aliphatic rings. The lowest BCUT2D eigenvalue weighted by molar-refractivity contribution is -0.129. The fraction of sp³-hybridized carbons (Fsp3) is 0.435. The average Bonchev–Trinajstić information content (AvgIpc) is 2.76. The molecule has 1 fully saturated rings. The van der Waals surface area contributed by atoms with Crippen molar-refractivity contribution in [2.75, 3.05) is 23.3 Å². The number of rotatable bonds is 6. The van der Waals surface area contributed by atoms with Crippen molar-refractivity contribution in [3.05, 3.63) is 47.1 Å². The summed E-state index contributed by atoms with van der Waals surface area (Å²) < 4.78 is 29.1. The van der Waals surface area contributed by atoms with Crippen molar-refractivity contribution in [2.45, 2.75) is 52.2 Å². The minimum absolute atomic E-state index is 0.0102. The van der Waals surface area contributed by atoms with Crippen molar-refractivity contribution < 1.29 is 23.1 Å². The molecule has 0 radical (unpaired) electrons. The molecule has 1 N–H and O–H groups in total. The highest BCUT2D eigenvalue weighted by Gasteiger charge is 2.32. The van der Waals surface area contributed by atoms with Crippen molar-refractivity contribution in [1.29, 1.82) is 0 Å². The molecule has 0 unspecified atom stereocenters. The molecule has 3 rings (SSSR count). The van der Waals surface area contributed by atoms with Gasteiger partial charge in [-0.2, -0.15) is 13.8 Å². The molecular formula is C23H27ClF2N4O3. The first-order chi connectivity index (χ1) is 15.7. The summed E-state index contributed by atoms with van der Waals surface area (Å²) in [5, 5.41) is 2.59. The number of piperidine rings is 1. The van der Waals surface area contributed by atoms with E-state index in [1.807, 2.05) is 24.3 Å². The Balaban J connectivity index is 1.90. The van der Waals surface area contributed by atoms with E-state index < -0.39 is 12.6 Å². The van der Waals surface area contributed by atoms with Crippen LogP contribution in [0.5, 0.6) is 5.88 Å². The molecule has 10 heteroatoms. The smallest absolute Gasteiger partial charge is 0.388 e. The molecular weight excluding hydrogens is 454 g/mol. The van der Waals surface area contributed by atoms with Crippen molar-refractivity contribution in [1.82, 2.24) is 9.88 Å². The molecule has 1 aromatic carbocycles. The van der Waals surface area contributed by atoms with Crippen LogP contribution in [0, 0.1) is 0 Å². The van der Waals surface area contributed by atoms with E-state index in [-0.39, 0.29) is 34.6 Å². The number of nitrogens with zero attached hydrogens (tertiary/aromatic N) is 3. The molecule has 7 nitrogen and oxygen atoms in total. The number of hydrogen-bond donors (Lipinski definition) is 1. The van der Waals surface area contributed by atoms with E-state index in [0.717, 1.165) is 11.3 Å². The molecule has 1 aliphatic heterocycles. The first-order valence-electron chi connectivity index (χ1n) is 10.7. The standard InChI is InChI=1S/C23H27ClF2N4O3/c1-14(2)17-6-4-5-7-19(17)30(16-10-12-29(13-11-16)15(3)31)23(32)27-18-8-9-20(28-21(18)24)33-22(25)26/h4-9,14,16,22H,10-13H2,1-3H3,(H,27,32). The Morgan fingerprint density at radius 3 is 2.42 bits per heavy atom. The molecule has 0 atom stereocenters. The first-order valence-corrected chi connectivity index (χ1v) is 11.1. The molecule has 0 aliphatic carbocycles. The molecule has 1 aromatic heterocycles. The molecule has 0 saturated carbocycles. The van der Waals surface area contributed by atoms with Gasteiger partial charge in [0.1, 0.15) is 0 Å². The third-order valence-electron chi connectivity index (χ3n) is 5.59. The summed E-state index contributed by atoms with van der Waals surface area (Å²) >= 11 is 6.12. The summed E-state index contributed by atoms with van der Waals surface area (Å²) in [4.78, 5) is 32.5. The summed E-state index contributed by atoms with van der Waals surface area (Å²) in [6.45, 7) is 3.71. The zero-order valence-electron chi connectivity index (χ0n) is 18.7. The van der Waals surface area contributed by atoms with E-state index in [0.29, 0.717) is 25.9 Å². The molecule has 3 amide bonds. The molecule has 2 aromatic rings. The maximum atomic E-state index is 13.5. The van der Waals surface area contributed by atoms with E-state index in [4.69, 9.17) is 11.6 Å². The van der Waals surface area contributed by atoms with Crippen LogP contribution >= 0.6 is 11.6 Å². The second-order valence-electron chi connectivity index (χ2n) is 8.12. The van der Waals surface area contributed by atoms with Crippen LogP contribution in [0.25, 0.3) is 0 Å².